The van der Waals surface area contributed by atoms with Gasteiger partial charge in [0, 0.05) is 24.5 Å². The molecule has 42 heavy (non-hydrogen) atoms. The predicted octanol–water partition coefficient (Wildman–Crippen LogP) is 7.69. The van der Waals surface area contributed by atoms with Crippen LogP contribution in [0, 0.1) is 56.2 Å². The molecule has 2 rings (SSSR count). The van der Waals surface area contributed by atoms with Crippen LogP contribution in [0.1, 0.15) is 79.1 Å². The second-order valence-corrected chi connectivity index (χ2v) is 12.2. The molecule has 0 aliphatic heterocycles. The lowest BCUT2D eigenvalue weighted by Gasteiger charge is -2.36. The maximum Gasteiger partial charge on any atom is 0.418 e. The van der Waals surface area contributed by atoms with E-state index in [1.165, 1.54) is 0 Å². The Morgan fingerprint density at radius 1 is 0.595 bits per heavy atom. The Labute approximate surface area is 242 Å². The lowest BCUT2D eigenvalue weighted by molar-refractivity contribution is -0.0933. The van der Waals surface area contributed by atoms with E-state index in [0.717, 1.165) is 0 Å². The van der Waals surface area contributed by atoms with Crippen molar-refractivity contribution in [1.82, 2.24) is 10.6 Å². The van der Waals surface area contributed by atoms with Crippen LogP contribution in [-0.4, -0.2) is 25.4 Å². The van der Waals surface area contributed by atoms with Gasteiger partial charge < -0.3 is 10.6 Å². The second kappa shape index (κ2) is 13.4. The molecule has 0 atom stereocenters. The van der Waals surface area contributed by atoms with Crippen molar-refractivity contribution in [1.29, 1.82) is 21.0 Å². The largest absolute Gasteiger partial charge is 0.418 e. The van der Waals surface area contributed by atoms with Gasteiger partial charge >= 0.3 is 12.4 Å². The van der Waals surface area contributed by atoms with E-state index in [2.05, 4.69) is 10.6 Å². The van der Waals surface area contributed by atoms with E-state index in [4.69, 9.17) is 0 Å². The zero-order chi connectivity index (χ0) is 31.9. The van der Waals surface area contributed by atoms with Gasteiger partial charge in [-0.25, -0.2) is 0 Å². The molecule has 0 heterocycles. The van der Waals surface area contributed by atoms with Crippen molar-refractivity contribution in [2.45, 2.75) is 91.4 Å². The van der Waals surface area contributed by atoms with Gasteiger partial charge in [0.25, 0.3) is 0 Å². The molecule has 0 spiro atoms. The van der Waals surface area contributed by atoms with Crippen LogP contribution in [-0.2, 0) is 0 Å². The summed E-state index contributed by atoms with van der Waals surface area (Å²) in [6.45, 7) is 7.53. The first-order valence-corrected chi connectivity index (χ1v) is 13.6. The summed E-state index contributed by atoms with van der Waals surface area (Å²) in [5.41, 5.74) is -4.91. The van der Waals surface area contributed by atoms with Gasteiger partial charge in [0.15, 0.2) is 0 Å². The fourth-order valence-electron chi connectivity index (χ4n) is 5.57. The zero-order valence-electron chi connectivity index (χ0n) is 24.1. The molecule has 12 heteroatoms. The van der Waals surface area contributed by atoms with Crippen LogP contribution < -0.4 is 10.6 Å². The summed E-state index contributed by atoms with van der Waals surface area (Å²) in [6, 6.07) is 6.34. The molecule has 0 amide bonds. The Balaban J connectivity index is 2.06. The van der Waals surface area contributed by atoms with Gasteiger partial charge in [0.2, 0.25) is 0 Å². The van der Waals surface area contributed by atoms with E-state index in [1.807, 2.05) is 0 Å². The van der Waals surface area contributed by atoms with Crippen LogP contribution in [0.25, 0.3) is 0 Å². The molecule has 0 unspecified atom stereocenters. The average molecular weight is 593 g/mol. The quantitative estimate of drug-likeness (QED) is 0.161. The molecule has 0 saturated heterocycles. The molecular formula is C30H34F6N6. The SMILES string of the molecule is CC1(C)CC(NCCCCCCNC2=C(C(F)(F)F)C(=C(C#N)C#N)CC(C)(C)C2)=C(C(F)(F)F)C(=C(C#N)C#N)C1. The predicted molar refractivity (Wildman–Crippen MR) is 143 cm³/mol. The van der Waals surface area contributed by atoms with Gasteiger partial charge in [0.05, 0.1) is 11.1 Å². The Morgan fingerprint density at radius 2 is 0.905 bits per heavy atom. The Hall–Kier alpha value is -3.90. The number of hydrogen-bond acceptors (Lipinski definition) is 6. The second-order valence-electron chi connectivity index (χ2n) is 12.2. The van der Waals surface area contributed by atoms with Crippen molar-refractivity contribution in [2.24, 2.45) is 10.8 Å². The van der Waals surface area contributed by atoms with Gasteiger partial charge in [-0.3, -0.25) is 0 Å². The summed E-state index contributed by atoms with van der Waals surface area (Å²) in [5, 5.41) is 42.6. The first kappa shape index (κ1) is 34.3. The molecule has 2 aliphatic rings. The van der Waals surface area contributed by atoms with Crippen LogP contribution >= 0.6 is 0 Å². The molecule has 0 aromatic rings. The molecule has 2 N–H and O–H groups in total. The first-order valence-electron chi connectivity index (χ1n) is 13.6. The number of nitrogens with one attached hydrogen (secondary N) is 2. The molecule has 226 valence electrons. The van der Waals surface area contributed by atoms with Crippen molar-refractivity contribution in [2.75, 3.05) is 13.1 Å². The van der Waals surface area contributed by atoms with E-state index in [1.54, 1.807) is 52.0 Å². The van der Waals surface area contributed by atoms with Crippen LogP contribution in [0.5, 0.6) is 0 Å². The van der Waals surface area contributed by atoms with E-state index in [0.29, 0.717) is 25.7 Å². The smallest absolute Gasteiger partial charge is 0.388 e. The number of rotatable bonds is 9. The van der Waals surface area contributed by atoms with Gasteiger partial charge in [-0.1, -0.05) is 40.5 Å². The highest BCUT2D eigenvalue weighted by molar-refractivity contribution is 5.55. The Kier molecular flexibility index (Phi) is 10.9. The van der Waals surface area contributed by atoms with Crippen molar-refractivity contribution in [3.8, 4) is 24.3 Å². The summed E-state index contributed by atoms with van der Waals surface area (Å²) < 4.78 is 83.9. The summed E-state index contributed by atoms with van der Waals surface area (Å²) in [4.78, 5) is 0. The van der Waals surface area contributed by atoms with Crippen LogP contribution in [0.4, 0.5) is 26.3 Å². The Bertz CT molecular complexity index is 1210. The molecule has 6 nitrogen and oxygen atoms in total. The standard InChI is InChI=1S/C30H34F6N6/c1-27(2)11-21(19(15-37)16-38)25(29(31,32)33)23(13-27)41-9-7-5-6-8-10-42-24-14-28(3,4)12-22(20(17-39)18-40)26(24)30(34,35)36/h41-42H,5-14H2,1-4H3. The van der Waals surface area contributed by atoms with E-state index >= 15 is 0 Å². The fraction of sp³-hybridized carbons (Fsp3) is 0.600. The lowest BCUT2D eigenvalue weighted by atomic mass is 9.72. The molecular weight excluding hydrogens is 558 g/mol. The number of nitrogens with zero attached hydrogens (tertiary/aromatic N) is 4. The van der Waals surface area contributed by atoms with Crippen molar-refractivity contribution in [3.63, 3.8) is 0 Å². The minimum absolute atomic E-state index is 0.0498. The maximum absolute atomic E-state index is 14.0. The molecule has 0 radical (unpaired) electrons. The molecule has 0 saturated carbocycles. The van der Waals surface area contributed by atoms with Gasteiger partial charge in [-0.2, -0.15) is 47.4 Å². The number of alkyl halides is 6. The number of allylic oxidation sites excluding steroid dienone is 8. The minimum atomic E-state index is -4.74. The van der Waals surface area contributed by atoms with Crippen LogP contribution in [0.3, 0.4) is 0 Å². The normalized spacial score (nSPS) is 18.4. The number of nitriles is 4. The third-order valence-electron chi connectivity index (χ3n) is 7.23. The average Bonchev–Trinajstić information content (AvgIpc) is 2.84. The summed E-state index contributed by atoms with van der Waals surface area (Å²) in [6.07, 6.45) is -7.18. The molecule has 0 aromatic carbocycles. The number of unbranched alkanes of at least 4 members (excludes halogenated alkanes) is 3. The molecule has 2 aliphatic carbocycles. The number of halogens is 6. The van der Waals surface area contributed by atoms with Crippen LogP contribution in [0.2, 0.25) is 0 Å². The summed E-state index contributed by atoms with van der Waals surface area (Å²) >= 11 is 0. The summed E-state index contributed by atoms with van der Waals surface area (Å²) in [7, 11) is 0. The number of hydrogen-bond donors (Lipinski definition) is 2. The van der Waals surface area contributed by atoms with Crippen molar-refractivity contribution < 1.29 is 26.3 Å². The van der Waals surface area contributed by atoms with Crippen molar-refractivity contribution in [3.05, 3.63) is 44.8 Å². The molecule has 0 fully saturated rings. The fourth-order valence-corrected chi connectivity index (χ4v) is 5.57. The third-order valence-corrected chi connectivity index (χ3v) is 7.23. The third kappa shape index (κ3) is 8.80. The van der Waals surface area contributed by atoms with Crippen molar-refractivity contribution >= 4 is 0 Å². The summed E-state index contributed by atoms with van der Waals surface area (Å²) in [5.74, 6) is 0. The highest BCUT2D eigenvalue weighted by Gasteiger charge is 2.46. The highest BCUT2D eigenvalue weighted by atomic mass is 19.4. The highest BCUT2D eigenvalue weighted by Crippen LogP contribution is 2.49. The lowest BCUT2D eigenvalue weighted by Crippen LogP contribution is -2.33. The zero-order valence-corrected chi connectivity index (χ0v) is 24.1. The molecule has 0 aromatic heterocycles. The first-order chi connectivity index (χ1) is 19.4. The molecule has 0 bridgehead atoms. The van der Waals surface area contributed by atoms with Gasteiger partial charge in [-0.05, 0) is 60.5 Å². The monoisotopic (exact) mass is 592 g/mol. The van der Waals surface area contributed by atoms with E-state index in [-0.39, 0.29) is 61.3 Å². The maximum atomic E-state index is 14.0. The van der Waals surface area contributed by atoms with Gasteiger partial charge in [0.1, 0.15) is 35.4 Å². The van der Waals surface area contributed by atoms with E-state index in [9.17, 15) is 47.4 Å². The van der Waals surface area contributed by atoms with Gasteiger partial charge in [-0.15, -0.1) is 0 Å². The Morgan fingerprint density at radius 3 is 1.17 bits per heavy atom. The van der Waals surface area contributed by atoms with Crippen LogP contribution in [0.15, 0.2) is 44.8 Å². The van der Waals surface area contributed by atoms with E-state index < -0.39 is 45.5 Å². The minimum Gasteiger partial charge on any atom is -0.388 e. The topological polar surface area (TPSA) is 119 Å².